The fourth-order valence-corrected chi connectivity index (χ4v) is 1.57. The highest BCUT2D eigenvalue weighted by molar-refractivity contribution is 5.69. The highest BCUT2D eigenvalue weighted by atomic mass is 16.5. The quantitative estimate of drug-likeness (QED) is 0.644. The number of anilines is 1. The summed E-state index contributed by atoms with van der Waals surface area (Å²) in [5.41, 5.74) is 6.97. The Bertz CT molecular complexity index is 558. The number of nitrogen functional groups attached to an aromatic ring is 1. The summed E-state index contributed by atoms with van der Waals surface area (Å²) in [6, 6.07) is 12.5. The van der Waals surface area contributed by atoms with E-state index in [1.54, 1.807) is 36.5 Å². The zero-order valence-electron chi connectivity index (χ0n) is 11.0. The van der Waals surface area contributed by atoms with E-state index < -0.39 is 0 Å². The molecule has 0 bridgehead atoms. The molecule has 0 unspecified atom stereocenters. The van der Waals surface area contributed by atoms with E-state index in [-0.39, 0.29) is 25.6 Å². The normalized spacial score (nSPS) is 10.0. The highest BCUT2D eigenvalue weighted by Crippen LogP contribution is 2.14. The molecule has 0 aliphatic heterocycles. The molecule has 2 aromatic rings. The van der Waals surface area contributed by atoms with Crippen LogP contribution < -0.4 is 10.5 Å². The number of pyridine rings is 1. The number of rotatable bonds is 6. The number of nitrogens with two attached hydrogens (primary N) is 1. The van der Waals surface area contributed by atoms with Crippen molar-refractivity contribution in [3.8, 4) is 5.75 Å². The molecule has 0 saturated heterocycles. The molecule has 5 heteroatoms. The third-order valence-electron chi connectivity index (χ3n) is 2.54. The van der Waals surface area contributed by atoms with Gasteiger partial charge in [0.25, 0.3) is 0 Å². The summed E-state index contributed by atoms with van der Waals surface area (Å²) in [5, 5.41) is 0. The highest BCUT2D eigenvalue weighted by Gasteiger charge is 2.04. The van der Waals surface area contributed by atoms with Gasteiger partial charge in [0.1, 0.15) is 12.4 Å². The average Bonchev–Trinajstić information content (AvgIpc) is 2.46. The zero-order valence-corrected chi connectivity index (χ0v) is 11.0. The van der Waals surface area contributed by atoms with Gasteiger partial charge in [-0.15, -0.1) is 0 Å². The number of benzene rings is 1. The SMILES string of the molecule is Nc1cccc(OCCC(=O)OCc2ccccn2)c1. The van der Waals surface area contributed by atoms with Gasteiger partial charge in [-0.3, -0.25) is 9.78 Å². The van der Waals surface area contributed by atoms with E-state index in [1.807, 2.05) is 12.1 Å². The second kappa shape index (κ2) is 7.13. The topological polar surface area (TPSA) is 74.4 Å². The molecule has 5 nitrogen and oxygen atoms in total. The summed E-state index contributed by atoms with van der Waals surface area (Å²) < 4.78 is 10.5. The van der Waals surface area contributed by atoms with Crippen LogP contribution in [0.15, 0.2) is 48.7 Å². The molecule has 0 aliphatic rings. The molecular weight excluding hydrogens is 256 g/mol. The van der Waals surface area contributed by atoms with E-state index in [0.717, 1.165) is 5.69 Å². The molecule has 1 heterocycles. The Labute approximate surface area is 117 Å². The molecule has 1 aromatic carbocycles. The maximum absolute atomic E-state index is 11.5. The van der Waals surface area contributed by atoms with Gasteiger partial charge in [0.05, 0.1) is 18.7 Å². The monoisotopic (exact) mass is 272 g/mol. The Morgan fingerprint density at radius 1 is 1.20 bits per heavy atom. The Morgan fingerprint density at radius 3 is 2.85 bits per heavy atom. The van der Waals surface area contributed by atoms with E-state index in [4.69, 9.17) is 15.2 Å². The van der Waals surface area contributed by atoms with E-state index in [1.165, 1.54) is 0 Å². The number of ether oxygens (including phenoxy) is 2. The van der Waals surface area contributed by atoms with Gasteiger partial charge in [-0.2, -0.15) is 0 Å². The summed E-state index contributed by atoms with van der Waals surface area (Å²) in [7, 11) is 0. The van der Waals surface area contributed by atoms with Crippen molar-refractivity contribution >= 4 is 11.7 Å². The van der Waals surface area contributed by atoms with Gasteiger partial charge in [0, 0.05) is 18.0 Å². The second-order valence-corrected chi connectivity index (χ2v) is 4.15. The van der Waals surface area contributed by atoms with Crippen molar-refractivity contribution < 1.29 is 14.3 Å². The number of carbonyl (C=O) groups excluding carboxylic acids is 1. The molecule has 20 heavy (non-hydrogen) atoms. The van der Waals surface area contributed by atoms with Crippen molar-refractivity contribution in [1.82, 2.24) is 4.98 Å². The predicted molar refractivity (Wildman–Crippen MR) is 75.0 cm³/mol. The van der Waals surface area contributed by atoms with Crippen LogP contribution in [0.4, 0.5) is 5.69 Å². The molecule has 0 atom stereocenters. The number of hydrogen-bond donors (Lipinski definition) is 1. The molecule has 0 aliphatic carbocycles. The maximum Gasteiger partial charge on any atom is 0.309 e. The first-order valence-corrected chi connectivity index (χ1v) is 6.28. The molecule has 0 saturated carbocycles. The Hall–Kier alpha value is -2.56. The van der Waals surface area contributed by atoms with Gasteiger partial charge in [-0.1, -0.05) is 12.1 Å². The molecule has 0 amide bonds. The standard InChI is InChI=1S/C15H16N2O3/c16-12-4-3-6-14(10-12)19-9-7-15(18)20-11-13-5-1-2-8-17-13/h1-6,8,10H,7,9,11,16H2. The second-order valence-electron chi connectivity index (χ2n) is 4.15. The van der Waals surface area contributed by atoms with Crippen LogP contribution in [0, 0.1) is 0 Å². The fraction of sp³-hybridized carbons (Fsp3) is 0.200. The molecule has 104 valence electrons. The van der Waals surface area contributed by atoms with Gasteiger partial charge < -0.3 is 15.2 Å². The largest absolute Gasteiger partial charge is 0.493 e. The molecule has 2 rings (SSSR count). The van der Waals surface area contributed by atoms with Crippen molar-refractivity contribution in [1.29, 1.82) is 0 Å². The van der Waals surface area contributed by atoms with Crippen LogP contribution in [0.5, 0.6) is 5.75 Å². The third-order valence-corrected chi connectivity index (χ3v) is 2.54. The molecular formula is C15H16N2O3. The van der Waals surface area contributed by atoms with E-state index in [9.17, 15) is 4.79 Å². The summed E-state index contributed by atoms with van der Waals surface area (Å²) in [6.45, 7) is 0.433. The Balaban J connectivity index is 1.68. The van der Waals surface area contributed by atoms with Crippen LogP contribution in [0.1, 0.15) is 12.1 Å². The van der Waals surface area contributed by atoms with Gasteiger partial charge in [0.15, 0.2) is 0 Å². The number of esters is 1. The summed E-state index contributed by atoms with van der Waals surface area (Å²) in [5.74, 6) is 0.321. The maximum atomic E-state index is 11.5. The smallest absolute Gasteiger partial charge is 0.309 e. The molecule has 0 spiro atoms. The van der Waals surface area contributed by atoms with Gasteiger partial charge in [-0.05, 0) is 24.3 Å². The van der Waals surface area contributed by atoms with Crippen LogP contribution in [-0.2, 0) is 16.1 Å². The van der Waals surface area contributed by atoms with Crippen LogP contribution in [0.3, 0.4) is 0 Å². The minimum absolute atomic E-state index is 0.179. The number of carbonyl (C=O) groups is 1. The number of aromatic nitrogens is 1. The molecule has 1 aromatic heterocycles. The molecule has 0 fully saturated rings. The van der Waals surface area contributed by atoms with Crippen molar-refractivity contribution in [2.45, 2.75) is 13.0 Å². The van der Waals surface area contributed by atoms with Crippen LogP contribution >= 0.6 is 0 Å². The summed E-state index contributed by atoms with van der Waals surface area (Å²) in [4.78, 5) is 15.6. The van der Waals surface area contributed by atoms with Crippen molar-refractivity contribution in [3.05, 3.63) is 54.4 Å². The van der Waals surface area contributed by atoms with Crippen LogP contribution in [-0.4, -0.2) is 17.6 Å². The number of hydrogen-bond acceptors (Lipinski definition) is 5. The lowest BCUT2D eigenvalue weighted by Crippen LogP contribution is -2.10. The van der Waals surface area contributed by atoms with Crippen molar-refractivity contribution in [2.75, 3.05) is 12.3 Å². The Kier molecular flexibility index (Phi) is 4.94. The molecule has 2 N–H and O–H groups in total. The Morgan fingerprint density at radius 2 is 2.10 bits per heavy atom. The summed E-state index contributed by atoms with van der Waals surface area (Å²) in [6.07, 6.45) is 1.84. The lowest BCUT2D eigenvalue weighted by atomic mass is 10.3. The lowest BCUT2D eigenvalue weighted by Gasteiger charge is -2.07. The lowest BCUT2D eigenvalue weighted by molar-refractivity contribution is -0.145. The van der Waals surface area contributed by atoms with Crippen LogP contribution in [0.25, 0.3) is 0 Å². The first-order chi connectivity index (χ1) is 9.74. The van der Waals surface area contributed by atoms with E-state index in [2.05, 4.69) is 4.98 Å². The third kappa shape index (κ3) is 4.61. The average molecular weight is 272 g/mol. The van der Waals surface area contributed by atoms with E-state index in [0.29, 0.717) is 11.4 Å². The van der Waals surface area contributed by atoms with Gasteiger partial charge in [-0.25, -0.2) is 0 Å². The zero-order chi connectivity index (χ0) is 14.2. The first kappa shape index (κ1) is 13.9. The minimum atomic E-state index is -0.320. The van der Waals surface area contributed by atoms with E-state index >= 15 is 0 Å². The summed E-state index contributed by atoms with van der Waals surface area (Å²) >= 11 is 0. The molecule has 0 radical (unpaired) electrons. The van der Waals surface area contributed by atoms with Gasteiger partial charge >= 0.3 is 5.97 Å². The van der Waals surface area contributed by atoms with Crippen molar-refractivity contribution in [3.63, 3.8) is 0 Å². The van der Waals surface area contributed by atoms with Crippen molar-refractivity contribution in [2.24, 2.45) is 0 Å². The predicted octanol–water partition coefficient (Wildman–Crippen LogP) is 2.18. The van der Waals surface area contributed by atoms with Gasteiger partial charge in [0.2, 0.25) is 0 Å². The first-order valence-electron chi connectivity index (χ1n) is 6.28. The minimum Gasteiger partial charge on any atom is -0.493 e. The fourth-order valence-electron chi connectivity index (χ4n) is 1.57. The number of nitrogens with zero attached hydrogens (tertiary/aromatic N) is 1. The van der Waals surface area contributed by atoms with Crippen LogP contribution in [0.2, 0.25) is 0 Å².